The maximum Gasteiger partial charge on any atom is 0.253 e. The van der Waals surface area contributed by atoms with Gasteiger partial charge in [0.15, 0.2) is 17.9 Å². The number of hydrogen-bond acceptors (Lipinski definition) is 6. The summed E-state index contributed by atoms with van der Waals surface area (Å²) in [6.45, 7) is 0. The van der Waals surface area contributed by atoms with Crippen LogP contribution >= 0.6 is 0 Å². The van der Waals surface area contributed by atoms with Gasteiger partial charge in [0.25, 0.3) is 5.91 Å². The second-order valence-corrected chi connectivity index (χ2v) is 4.65. The second kappa shape index (κ2) is 6.67. The number of nitrogens with one attached hydrogen (secondary N) is 5. The molecule has 0 bridgehead atoms. The average molecular weight is 321 g/mol. The number of amides is 1. The van der Waals surface area contributed by atoms with Gasteiger partial charge in [0.2, 0.25) is 0 Å². The summed E-state index contributed by atoms with van der Waals surface area (Å²) in [6.07, 6.45) is -0.458. The van der Waals surface area contributed by atoms with Crippen LogP contribution in [0.4, 0.5) is 8.78 Å². The molecule has 1 amide bonds. The van der Waals surface area contributed by atoms with Crippen LogP contribution in [0, 0.1) is 11.6 Å². The summed E-state index contributed by atoms with van der Waals surface area (Å²) >= 11 is 0. The van der Waals surface area contributed by atoms with Gasteiger partial charge in [-0.2, -0.15) is 11.1 Å². The minimum Gasteiger partial charge on any atom is -0.457 e. The van der Waals surface area contributed by atoms with Gasteiger partial charge in [0.05, 0.1) is 0 Å². The zero-order valence-corrected chi connectivity index (χ0v) is 11.7. The molecule has 1 heterocycles. The SMILES string of the molecule is O=C(NC1NNNN1)c1ccc(Oc2ccc(F)c(F)c2)cc1. The maximum atomic E-state index is 13.1. The smallest absolute Gasteiger partial charge is 0.253 e. The summed E-state index contributed by atoms with van der Waals surface area (Å²) in [5, 5.41) is 2.66. The lowest BCUT2D eigenvalue weighted by Crippen LogP contribution is -2.49. The van der Waals surface area contributed by atoms with Gasteiger partial charge in [0, 0.05) is 11.6 Å². The molecule has 7 nitrogen and oxygen atoms in total. The second-order valence-electron chi connectivity index (χ2n) is 4.65. The topological polar surface area (TPSA) is 86.5 Å². The first kappa shape index (κ1) is 15.3. The fraction of sp³-hybridized carbons (Fsp3) is 0.0714. The number of ether oxygens (including phenoxy) is 1. The molecule has 0 spiro atoms. The van der Waals surface area contributed by atoms with Crippen molar-refractivity contribution in [3.63, 3.8) is 0 Å². The van der Waals surface area contributed by atoms with Crippen LogP contribution in [0.1, 0.15) is 10.4 Å². The zero-order valence-electron chi connectivity index (χ0n) is 11.7. The number of benzene rings is 2. The van der Waals surface area contributed by atoms with Gasteiger partial charge >= 0.3 is 0 Å². The Hall–Kier alpha value is -2.59. The number of carbonyl (C=O) groups is 1. The Bertz CT molecular complexity index is 705. The van der Waals surface area contributed by atoms with Crippen molar-refractivity contribution in [2.45, 2.75) is 6.29 Å². The molecule has 0 unspecified atom stereocenters. The normalized spacial score (nSPS) is 14.7. The molecule has 1 aliphatic heterocycles. The maximum absolute atomic E-state index is 13.1. The highest BCUT2D eigenvalue weighted by molar-refractivity contribution is 5.94. The van der Waals surface area contributed by atoms with Crippen molar-refractivity contribution in [2.75, 3.05) is 0 Å². The Kier molecular flexibility index (Phi) is 4.44. The van der Waals surface area contributed by atoms with Gasteiger partial charge in [-0.15, -0.1) is 0 Å². The number of carbonyl (C=O) groups excluding carboxylic acids is 1. The van der Waals surface area contributed by atoms with Crippen molar-refractivity contribution >= 4 is 5.91 Å². The van der Waals surface area contributed by atoms with Crippen molar-refractivity contribution < 1.29 is 18.3 Å². The van der Waals surface area contributed by atoms with E-state index >= 15 is 0 Å². The molecule has 2 aromatic carbocycles. The van der Waals surface area contributed by atoms with Gasteiger partial charge in [0.1, 0.15) is 11.5 Å². The number of hydrogen-bond donors (Lipinski definition) is 5. The highest BCUT2D eigenvalue weighted by Gasteiger charge is 2.16. The lowest BCUT2D eigenvalue weighted by atomic mass is 10.2. The Morgan fingerprint density at radius 2 is 1.61 bits per heavy atom. The summed E-state index contributed by atoms with van der Waals surface area (Å²) in [4.78, 5) is 12.0. The van der Waals surface area contributed by atoms with E-state index in [1.54, 1.807) is 24.3 Å². The first-order valence-electron chi connectivity index (χ1n) is 6.67. The minimum absolute atomic E-state index is 0.164. The number of halogens is 2. The lowest BCUT2D eigenvalue weighted by Gasteiger charge is -2.11. The van der Waals surface area contributed by atoms with E-state index in [2.05, 4.69) is 27.2 Å². The summed E-state index contributed by atoms with van der Waals surface area (Å²) in [5.41, 5.74) is 11.0. The van der Waals surface area contributed by atoms with Gasteiger partial charge in [-0.1, -0.05) is 0 Å². The van der Waals surface area contributed by atoms with E-state index in [4.69, 9.17) is 4.74 Å². The Balaban J connectivity index is 1.64. The molecular weight excluding hydrogens is 308 g/mol. The van der Waals surface area contributed by atoms with E-state index in [0.29, 0.717) is 11.3 Å². The third kappa shape index (κ3) is 3.79. The molecule has 0 aromatic heterocycles. The summed E-state index contributed by atoms with van der Waals surface area (Å²) in [5.74, 6) is -1.68. The van der Waals surface area contributed by atoms with Crippen molar-refractivity contribution in [3.8, 4) is 11.5 Å². The van der Waals surface area contributed by atoms with E-state index in [0.717, 1.165) is 12.1 Å². The van der Waals surface area contributed by atoms with Crippen molar-refractivity contribution in [3.05, 3.63) is 59.7 Å². The number of rotatable bonds is 4. The van der Waals surface area contributed by atoms with Gasteiger partial charge in [-0.05, 0) is 36.4 Å². The van der Waals surface area contributed by atoms with Crippen LogP contribution in [0.2, 0.25) is 0 Å². The van der Waals surface area contributed by atoms with Crippen LogP contribution in [0.25, 0.3) is 0 Å². The molecule has 0 aliphatic carbocycles. The van der Waals surface area contributed by atoms with Crippen molar-refractivity contribution in [2.24, 2.45) is 0 Å². The lowest BCUT2D eigenvalue weighted by molar-refractivity contribution is 0.0927. The molecule has 0 saturated carbocycles. The quantitative estimate of drug-likeness (QED) is 0.575. The summed E-state index contributed by atoms with van der Waals surface area (Å²) in [7, 11) is 0. The predicted molar refractivity (Wildman–Crippen MR) is 76.7 cm³/mol. The van der Waals surface area contributed by atoms with Crippen molar-refractivity contribution in [1.82, 2.24) is 27.2 Å². The molecule has 1 saturated heterocycles. The fourth-order valence-corrected chi connectivity index (χ4v) is 1.89. The van der Waals surface area contributed by atoms with Crippen LogP contribution in [0.5, 0.6) is 11.5 Å². The summed E-state index contributed by atoms with van der Waals surface area (Å²) in [6, 6.07) is 9.48. The third-order valence-corrected chi connectivity index (χ3v) is 3.01. The summed E-state index contributed by atoms with van der Waals surface area (Å²) < 4.78 is 31.4. The Morgan fingerprint density at radius 3 is 2.26 bits per heavy atom. The van der Waals surface area contributed by atoms with E-state index in [9.17, 15) is 13.6 Å². The monoisotopic (exact) mass is 321 g/mol. The van der Waals surface area contributed by atoms with E-state index in [1.807, 2.05) is 0 Å². The number of hydrazine groups is 3. The molecule has 1 aliphatic rings. The molecule has 2 aromatic rings. The molecule has 0 radical (unpaired) electrons. The van der Waals surface area contributed by atoms with Crippen molar-refractivity contribution in [1.29, 1.82) is 0 Å². The van der Waals surface area contributed by atoms with E-state index in [-0.39, 0.29) is 11.7 Å². The molecule has 23 heavy (non-hydrogen) atoms. The molecule has 1 fully saturated rings. The predicted octanol–water partition coefficient (Wildman–Crippen LogP) is 0.888. The Labute approximate surface area is 129 Å². The molecule has 3 rings (SSSR count). The van der Waals surface area contributed by atoms with E-state index < -0.39 is 17.9 Å². The first-order valence-corrected chi connectivity index (χ1v) is 6.67. The van der Waals surface area contributed by atoms with Crippen LogP contribution in [0.3, 0.4) is 0 Å². The standard InChI is InChI=1S/C14H13F2N5O2/c15-11-6-5-10(7-12(11)16)23-9-3-1-8(2-4-9)13(22)17-14-18-20-21-19-14/h1-7,14,18-21H,(H,17,22). The van der Waals surface area contributed by atoms with Gasteiger partial charge < -0.3 is 10.1 Å². The fourth-order valence-electron chi connectivity index (χ4n) is 1.89. The average Bonchev–Trinajstić information content (AvgIpc) is 3.04. The molecule has 9 heteroatoms. The van der Waals surface area contributed by atoms with Crippen LogP contribution in [-0.2, 0) is 0 Å². The largest absolute Gasteiger partial charge is 0.457 e. The minimum atomic E-state index is -0.989. The first-order chi connectivity index (χ1) is 11.1. The molecule has 0 atom stereocenters. The van der Waals surface area contributed by atoms with Crippen LogP contribution < -0.4 is 32.0 Å². The van der Waals surface area contributed by atoms with Gasteiger partial charge in [-0.25, -0.2) is 19.6 Å². The zero-order chi connectivity index (χ0) is 16.2. The van der Waals surface area contributed by atoms with E-state index in [1.165, 1.54) is 6.07 Å². The highest BCUT2D eigenvalue weighted by Crippen LogP contribution is 2.23. The van der Waals surface area contributed by atoms with Gasteiger partial charge in [-0.3, -0.25) is 4.79 Å². The molecular formula is C14H13F2N5O2. The molecule has 120 valence electrons. The molecule has 5 N–H and O–H groups in total. The third-order valence-electron chi connectivity index (χ3n) is 3.01. The Morgan fingerprint density at radius 1 is 0.957 bits per heavy atom. The highest BCUT2D eigenvalue weighted by atomic mass is 19.2. The van der Waals surface area contributed by atoms with Crippen LogP contribution in [-0.4, -0.2) is 12.2 Å². The van der Waals surface area contributed by atoms with Crippen LogP contribution in [0.15, 0.2) is 42.5 Å².